The number of anilines is 3. The smallest absolute Gasteiger partial charge is 0.258 e. The lowest BCUT2D eigenvalue weighted by atomic mass is 9.83. The molecule has 2 N–H and O–H groups in total. The molecule has 0 aliphatic carbocycles. The van der Waals surface area contributed by atoms with Crippen molar-refractivity contribution in [1.82, 2.24) is 0 Å². The highest BCUT2D eigenvalue weighted by molar-refractivity contribution is 6.15. The molecule has 0 atom stereocenters. The monoisotopic (exact) mass is 413 g/mol. The molecule has 0 radical (unpaired) electrons. The first-order valence-corrected chi connectivity index (χ1v) is 10.0. The number of para-hydroxylation sites is 2. The number of benzene rings is 3. The maximum absolute atomic E-state index is 13.0. The first kappa shape index (κ1) is 20.3. The van der Waals surface area contributed by atoms with E-state index in [0.29, 0.717) is 22.6 Å². The number of carbonyl (C=O) groups is 3. The van der Waals surface area contributed by atoms with Crippen molar-refractivity contribution in [3.8, 4) is 0 Å². The van der Waals surface area contributed by atoms with Crippen molar-refractivity contribution in [2.24, 2.45) is 0 Å². The van der Waals surface area contributed by atoms with E-state index in [-0.39, 0.29) is 24.3 Å². The Bertz CT molecular complexity index is 1140. The van der Waals surface area contributed by atoms with E-state index < -0.39 is 5.41 Å². The van der Waals surface area contributed by atoms with E-state index in [1.807, 2.05) is 56.3 Å². The third-order valence-corrected chi connectivity index (χ3v) is 5.47. The van der Waals surface area contributed by atoms with E-state index in [1.54, 1.807) is 36.4 Å². The number of hydrogen-bond acceptors (Lipinski definition) is 3. The Morgan fingerprint density at radius 1 is 0.903 bits per heavy atom. The summed E-state index contributed by atoms with van der Waals surface area (Å²) in [4.78, 5) is 39.4. The summed E-state index contributed by atoms with van der Waals surface area (Å²) in [6, 6.07) is 23.5. The van der Waals surface area contributed by atoms with Crippen LogP contribution in [0.25, 0.3) is 0 Å². The van der Waals surface area contributed by atoms with E-state index in [9.17, 15) is 14.4 Å². The molecule has 1 aliphatic rings. The summed E-state index contributed by atoms with van der Waals surface area (Å²) < 4.78 is 0. The molecule has 0 bridgehead atoms. The lowest BCUT2D eigenvalue weighted by molar-refractivity contribution is -0.120. The zero-order valence-electron chi connectivity index (χ0n) is 17.4. The van der Waals surface area contributed by atoms with E-state index >= 15 is 0 Å². The van der Waals surface area contributed by atoms with Gasteiger partial charge in [0.25, 0.3) is 5.91 Å². The van der Waals surface area contributed by atoms with E-state index in [4.69, 9.17) is 0 Å². The number of carbonyl (C=O) groups excluding carboxylic acids is 3. The quantitative estimate of drug-likeness (QED) is 0.673. The minimum absolute atomic E-state index is 0.0421. The van der Waals surface area contributed by atoms with Gasteiger partial charge in [-0.1, -0.05) is 42.5 Å². The predicted octanol–water partition coefficient (Wildman–Crippen LogP) is 4.20. The Morgan fingerprint density at radius 2 is 1.55 bits per heavy atom. The summed E-state index contributed by atoms with van der Waals surface area (Å²) in [6.07, 6.45) is 0. The highest BCUT2D eigenvalue weighted by Gasteiger charge is 2.30. The van der Waals surface area contributed by atoms with Crippen molar-refractivity contribution in [3.05, 3.63) is 90.0 Å². The largest absolute Gasteiger partial charge is 0.325 e. The van der Waals surface area contributed by atoms with Gasteiger partial charge in [0.1, 0.15) is 6.54 Å². The van der Waals surface area contributed by atoms with Gasteiger partial charge in [-0.2, -0.15) is 0 Å². The maximum atomic E-state index is 13.0. The third-order valence-electron chi connectivity index (χ3n) is 5.47. The molecule has 0 saturated carbocycles. The van der Waals surface area contributed by atoms with Crippen molar-refractivity contribution >= 4 is 34.8 Å². The number of nitrogens with zero attached hydrogens (tertiary/aromatic N) is 1. The summed E-state index contributed by atoms with van der Waals surface area (Å²) in [7, 11) is 0. The predicted molar refractivity (Wildman–Crippen MR) is 121 cm³/mol. The maximum Gasteiger partial charge on any atom is 0.258 e. The Hall–Kier alpha value is -3.93. The van der Waals surface area contributed by atoms with Gasteiger partial charge in [0.15, 0.2) is 0 Å². The first-order valence-electron chi connectivity index (χ1n) is 10.0. The van der Waals surface area contributed by atoms with Crippen molar-refractivity contribution in [3.63, 3.8) is 0 Å². The molecule has 0 saturated heterocycles. The van der Waals surface area contributed by atoms with Gasteiger partial charge in [-0.05, 0) is 55.8 Å². The molecule has 156 valence electrons. The van der Waals surface area contributed by atoms with Crippen LogP contribution in [0.3, 0.4) is 0 Å². The van der Waals surface area contributed by atoms with Crippen molar-refractivity contribution in [2.45, 2.75) is 19.3 Å². The Labute approximate surface area is 180 Å². The van der Waals surface area contributed by atoms with Crippen molar-refractivity contribution in [1.29, 1.82) is 0 Å². The second-order valence-electron chi connectivity index (χ2n) is 7.98. The number of rotatable bonds is 4. The highest BCUT2D eigenvalue weighted by atomic mass is 16.2. The molecule has 0 spiro atoms. The molecule has 0 aromatic heterocycles. The fourth-order valence-electron chi connectivity index (χ4n) is 3.54. The van der Waals surface area contributed by atoms with E-state index in [0.717, 1.165) is 5.56 Å². The van der Waals surface area contributed by atoms with Gasteiger partial charge in [-0.15, -0.1) is 0 Å². The molecular formula is C25H23N3O3. The van der Waals surface area contributed by atoms with Gasteiger partial charge in [-0.3, -0.25) is 19.3 Å². The van der Waals surface area contributed by atoms with E-state index in [1.165, 1.54) is 4.90 Å². The van der Waals surface area contributed by atoms with Gasteiger partial charge in [-0.25, -0.2) is 0 Å². The molecule has 3 amide bonds. The summed E-state index contributed by atoms with van der Waals surface area (Å²) in [6.45, 7) is 3.70. The zero-order valence-corrected chi connectivity index (χ0v) is 17.4. The van der Waals surface area contributed by atoms with Crippen LogP contribution in [0.15, 0.2) is 78.9 Å². The summed E-state index contributed by atoms with van der Waals surface area (Å²) in [5.74, 6) is -0.650. The van der Waals surface area contributed by atoms with Crippen LogP contribution in [0.1, 0.15) is 29.8 Å². The zero-order chi connectivity index (χ0) is 22.0. The molecule has 3 aromatic rings. The molecule has 1 aliphatic heterocycles. The molecule has 31 heavy (non-hydrogen) atoms. The Morgan fingerprint density at radius 3 is 2.26 bits per heavy atom. The van der Waals surface area contributed by atoms with Crippen LogP contribution in [0, 0.1) is 0 Å². The highest BCUT2D eigenvalue weighted by Crippen LogP contribution is 2.30. The third kappa shape index (κ3) is 4.05. The lowest BCUT2D eigenvalue weighted by Gasteiger charge is -2.29. The van der Waals surface area contributed by atoms with Gasteiger partial charge < -0.3 is 10.6 Å². The number of hydrogen-bond donors (Lipinski definition) is 2. The van der Waals surface area contributed by atoms with Crippen LogP contribution in [0.2, 0.25) is 0 Å². The molecule has 6 heteroatoms. The molecule has 6 nitrogen and oxygen atoms in total. The van der Waals surface area contributed by atoms with E-state index in [2.05, 4.69) is 10.6 Å². The Kier molecular flexibility index (Phi) is 5.29. The number of nitrogens with one attached hydrogen (secondary N) is 2. The van der Waals surface area contributed by atoms with Gasteiger partial charge >= 0.3 is 0 Å². The topological polar surface area (TPSA) is 78.5 Å². The molecular weight excluding hydrogens is 390 g/mol. The summed E-state index contributed by atoms with van der Waals surface area (Å²) >= 11 is 0. The van der Waals surface area contributed by atoms with Gasteiger partial charge in [0.2, 0.25) is 11.8 Å². The van der Waals surface area contributed by atoms with Crippen LogP contribution < -0.4 is 15.5 Å². The average molecular weight is 413 g/mol. The standard InChI is InChI=1S/C25H23N3O3/c1-25(2,18-8-4-3-5-9-18)24(31)26-19-14-12-17(13-15-19)23(30)28-16-22(29)27-20-10-6-7-11-21(20)28/h3-15H,16H2,1-2H3,(H,26,31)(H,27,29). The summed E-state index contributed by atoms with van der Waals surface area (Å²) in [5, 5.41) is 5.70. The van der Waals surface area contributed by atoms with Crippen LogP contribution in [0.4, 0.5) is 17.1 Å². The fraction of sp³-hybridized carbons (Fsp3) is 0.160. The molecule has 1 heterocycles. The van der Waals surface area contributed by atoms with Crippen LogP contribution in [-0.4, -0.2) is 24.3 Å². The fourth-order valence-corrected chi connectivity index (χ4v) is 3.54. The molecule has 0 unspecified atom stereocenters. The van der Waals surface area contributed by atoms with Crippen LogP contribution in [0.5, 0.6) is 0 Å². The van der Waals surface area contributed by atoms with Gasteiger partial charge in [0.05, 0.1) is 16.8 Å². The van der Waals surface area contributed by atoms with Gasteiger partial charge in [0, 0.05) is 11.3 Å². The van der Waals surface area contributed by atoms with Crippen LogP contribution >= 0.6 is 0 Å². The molecule has 0 fully saturated rings. The average Bonchev–Trinajstić information content (AvgIpc) is 2.79. The Balaban J connectivity index is 1.51. The minimum atomic E-state index is -0.708. The second-order valence-corrected chi connectivity index (χ2v) is 7.98. The van der Waals surface area contributed by atoms with Crippen molar-refractivity contribution < 1.29 is 14.4 Å². The second kappa shape index (κ2) is 8.07. The summed E-state index contributed by atoms with van der Waals surface area (Å²) in [5.41, 5.74) is 2.52. The molecule has 4 rings (SSSR count). The first-order chi connectivity index (χ1) is 14.9. The number of amides is 3. The molecule has 3 aromatic carbocycles. The lowest BCUT2D eigenvalue weighted by Crippen LogP contribution is -2.42. The van der Waals surface area contributed by atoms with Crippen molar-refractivity contribution in [2.75, 3.05) is 22.1 Å². The number of fused-ring (bicyclic) bond motifs is 1. The van der Waals surface area contributed by atoms with Crippen LogP contribution in [-0.2, 0) is 15.0 Å². The SMILES string of the molecule is CC(C)(C(=O)Nc1ccc(C(=O)N2CC(=O)Nc3ccccc32)cc1)c1ccccc1. The minimum Gasteiger partial charge on any atom is -0.325 e. The normalized spacial score (nSPS) is 13.2.